The van der Waals surface area contributed by atoms with Crippen molar-refractivity contribution in [3.63, 3.8) is 0 Å². The van der Waals surface area contributed by atoms with Crippen molar-refractivity contribution in [3.8, 4) is 0 Å². The zero-order chi connectivity index (χ0) is 15.5. The van der Waals surface area contributed by atoms with Gasteiger partial charge in [0.25, 0.3) is 0 Å². The molecule has 0 radical (unpaired) electrons. The summed E-state index contributed by atoms with van der Waals surface area (Å²) in [6.07, 6.45) is 0.0997. The molecule has 0 N–H and O–H groups in total. The van der Waals surface area contributed by atoms with Gasteiger partial charge >= 0.3 is 6.09 Å². The first-order chi connectivity index (χ1) is 9.15. The Hall–Kier alpha value is -1.53. The van der Waals surface area contributed by atoms with Crippen LogP contribution < -0.4 is 0 Å². The Morgan fingerprint density at radius 3 is 2.55 bits per heavy atom. The fourth-order valence-electron chi connectivity index (χ4n) is 2.02. The van der Waals surface area contributed by atoms with Gasteiger partial charge in [0.1, 0.15) is 10.6 Å². The van der Waals surface area contributed by atoms with Crippen LogP contribution in [0.5, 0.6) is 0 Å². The van der Waals surface area contributed by atoms with E-state index in [1.165, 1.54) is 0 Å². The van der Waals surface area contributed by atoms with Crippen molar-refractivity contribution in [3.05, 3.63) is 10.4 Å². The van der Waals surface area contributed by atoms with Crippen LogP contribution in [0, 0.1) is 0 Å². The van der Waals surface area contributed by atoms with Gasteiger partial charge in [0, 0.05) is 25.6 Å². The van der Waals surface area contributed by atoms with Crippen molar-refractivity contribution in [2.45, 2.75) is 44.9 Å². The largest absolute Gasteiger partial charge is 0.444 e. The molecule has 0 unspecified atom stereocenters. The van der Waals surface area contributed by atoms with Crippen LogP contribution in [0.15, 0.2) is 5.11 Å². The lowest BCUT2D eigenvalue weighted by molar-refractivity contribution is 0.0261. The third kappa shape index (κ3) is 4.25. The molecule has 8 heteroatoms. The number of ether oxygens (including phenoxy) is 1. The first kappa shape index (κ1) is 16.5. The van der Waals surface area contributed by atoms with Crippen LogP contribution in [-0.4, -0.2) is 59.2 Å². The Bertz CT molecular complexity index is 440. The Kier molecular flexibility index (Phi) is 5.19. The van der Waals surface area contributed by atoms with Crippen LogP contribution in [0.25, 0.3) is 10.4 Å². The van der Waals surface area contributed by atoms with Gasteiger partial charge in [0.2, 0.25) is 0 Å². The minimum absolute atomic E-state index is 0.268. The molecule has 1 aliphatic heterocycles. The van der Waals surface area contributed by atoms with Gasteiger partial charge < -0.3 is 9.64 Å². The molecule has 112 valence electrons. The van der Waals surface area contributed by atoms with Gasteiger partial charge in [-0.2, -0.15) is 0 Å². The van der Waals surface area contributed by atoms with Gasteiger partial charge in [-0.3, -0.25) is 4.90 Å². The highest BCUT2D eigenvalue weighted by molar-refractivity contribution is 7.80. The van der Waals surface area contributed by atoms with E-state index in [4.69, 9.17) is 22.5 Å². The van der Waals surface area contributed by atoms with Crippen molar-refractivity contribution in [2.24, 2.45) is 5.11 Å². The Balaban J connectivity index is 2.91. The summed E-state index contributed by atoms with van der Waals surface area (Å²) in [5.74, 6) is 0. The number of nitrogens with zero attached hydrogens (tertiary/aromatic N) is 5. The lowest BCUT2D eigenvalue weighted by Gasteiger charge is -2.30. The zero-order valence-corrected chi connectivity index (χ0v) is 13.3. The molecule has 0 aliphatic carbocycles. The maximum atomic E-state index is 12.2. The summed E-state index contributed by atoms with van der Waals surface area (Å²) in [7, 11) is 3.66. The van der Waals surface area contributed by atoms with Gasteiger partial charge in [0.15, 0.2) is 0 Å². The number of hydrogen-bond donors (Lipinski definition) is 0. The van der Waals surface area contributed by atoms with E-state index in [1.807, 2.05) is 34.9 Å². The van der Waals surface area contributed by atoms with Gasteiger partial charge in [-0.25, -0.2) is 4.79 Å². The van der Waals surface area contributed by atoms with Gasteiger partial charge in [-0.15, -0.1) is 0 Å². The summed E-state index contributed by atoms with van der Waals surface area (Å²) in [5.41, 5.74) is 7.98. The second-order valence-electron chi connectivity index (χ2n) is 5.98. The number of hydrogen-bond acceptors (Lipinski definition) is 4. The molecule has 0 saturated carbocycles. The van der Waals surface area contributed by atoms with Crippen molar-refractivity contribution in [1.82, 2.24) is 9.80 Å². The third-order valence-corrected chi connectivity index (χ3v) is 3.49. The van der Waals surface area contributed by atoms with E-state index in [0.29, 0.717) is 18.0 Å². The van der Waals surface area contributed by atoms with E-state index in [9.17, 15) is 4.79 Å². The van der Waals surface area contributed by atoms with E-state index in [1.54, 1.807) is 9.80 Å². The van der Waals surface area contributed by atoms with Crippen LogP contribution in [0.1, 0.15) is 27.2 Å². The average Bonchev–Trinajstić information content (AvgIpc) is 2.70. The van der Waals surface area contributed by atoms with E-state index in [-0.39, 0.29) is 12.1 Å². The number of amides is 1. The van der Waals surface area contributed by atoms with Crippen molar-refractivity contribution >= 4 is 23.3 Å². The standard InChI is InChI=1S/C12H21N5O2S/c1-12(2,3)19-11(18)17-7-8(14-15-13)6-9(17)10(20)16(4)5/h8-9H,6-7H2,1-5H3/t8-,9+/m1/s1. The van der Waals surface area contributed by atoms with Crippen molar-refractivity contribution in [1.29, 1.82) is 0 Å². The molecule has 1 heterocycles. The summed E-state index contributed by atoms with van der Waals surface area (Å²) in [4.78, 5) is 19.0. The summed E-state index contributed by atoms with van der Waals surface area (Å²) < 4.78 is 5.38. The molecule has 0 bridgehead atoms. The molecule has 1 rings (SSSR count). The van der Waals surface area contributed by atoms with E-state index >= 15 is 0 Å². The van der Waals surface area contributed by atoms with Crippen LogP contribution in [0.4, 0.5) is 4.79 Å². The van der Waals surface area contributed by atoms with Crippen LogP contribution in [-0.2, 0) is 4.74 Å². The molecule has 0 aromatic rings. The van der Waals surface area contributed by atoms with Crippen LogP contribution in [0.3, 0.4) is 0 Å². The van der Waals surface area contributed by atoms with Gasteiger partial charge in [-0.1, -0.05) is 17.3 Å². The number of azide groups is 1. The highest BCUT2D eigenvalue weighted by atomic mass is 32.1. The fraction of sp³-hybridized carbons (Fsp3) is 0.833. The first-order valence-corrected chi connectivity index (χ1v) is 6.81. The summed E-state index contributed by atoms with van der Waals surface area (Å²) in [5, 5.41) is 3.70. The molecular formula is C12H21N5O2S. The quantitative estimate of drug-likeness (QED) is 0.339. The topological polar surface area (TPSA) is 81.5 Å². The summed E-state index contributed by atoms with van der Waals surface area (Å²) >= 11 is 5.35. The number of carbonyl (C=O) groups excluding carboxylic acids is 1. The zero-order valence-electron chi connectivity index (χ0n) is 12.5. The Labute approximate surface area is 124 Å². The number of likely N-dealkylation sites (N-methyl/N-ethyl adjacent to an activating group) is 1. The maximum absolute atomic E-state index is 12.2. The molecule has 7 nitrogen and oxygen atoms in total. The van der Waals surface area contributed by atoms with Crippen molar-refractivity contribution in [2.75, 3.05) is 20.6 Å². The van der Waals surface area contributed by atoms with Crippen LogP contribution >= 0.6 is 12.2 Å². The monoisotopic (exact) mass is 299 g/mol. The van der Waals surface area contributed by atoms with E-state index < -0.39 is 11.7 Å². The summed E-state index contributed by atoms with van der Waals surface area (Å²) in [6.45, 7) is 5.76. The Morgan fingerprint density at radius 1 is 1.50 bits per heavy atom. The second kappa shape index (κ2) is 6.28. The molecule has 1 amide bonds. The lowest BCUT2D eigenvalue weighted by atomic mass is 10.1. The molecule has 1 fully saturated rings. The van der Waals surface area contributed by atoms with Gasteiger partial charge in [-0.05, 0) is 32.7 Å². The third-order valence-electron chi connectivity index (χ3n) is 2.85. The molecule has 1 saturated heterocycles. The minimum atomic E-state index is -0.571. The summed E-state index contributed by atoms with van der Waals surface area (Å²) in [6, 6.07) is -0.541. The fourth-order valence-corrected chi connectivity index (χ4v) is 2.25. The second-order valence-corrected chi connectivity index (χ2v) is 6.39. The van der Waals surface area contributed by atoms with Crippen molar-refractivity contribution < 1.29 is 9.53 Å². The average molecular weight is 299 g/mol. The Morgan fingerprint density at radius 2 is 2.10 bits per heavy atom. The highest BCUT2D eigenvalue weighted by Gasteiger charge is 2.39. The molecule has 0 aromatic carbocycles. The molecule has 20 heavy (non-hydrogen) atoms. The predicted molar refractivity (Wildman–Crippen MR) is 80.6 cm³/mol. The lowest BCUT2D eigenvalue weighted by Crippen LogP contribution is -2.46. The number of likely N-dealkylation sites (tertiary alicyclic amines) is 1. The molecule has 1 aliphatic rings. The van der Waals surface area contributed by atoms with Gasteiger partial charge in [0.05, 0.1) is 12.1 Å². The number of thiocarbonyl (C=S) groups is 1. The van der Waals surface area contributed by atoms with E-state index in [0.717, 1.165) is 0 Å². The molecular weight excluding hydrogens is 278 g/mol. The molecule has 0 spiro atoms. The SMILES string of the molecule is CN(C)C(=S)[C@@H]1C[C@@H](N=[N+]=[N-])CN1C(=O)OC(C)(C)C. The maximum Gasteiger partial charge on any atom is 0.410 e. The minimum Gasteiger partial charge on any atom is -0.444 e. The van der Waals surface area contributed by atoms with Crippen LogP contribution in [0.2, 0.25) is 0 Å². The smallest absolute Gasteiger partial charge is 0.410 e. The molecule has 0 aromatic heterocycles. The highest BCUT2D eigenvalue weighted by Crippen LogP contribution is 2.25. The molecule has 2 atom stereocenters. The normalized spacial score (nSPS) is 22.1. The number of carbonyl (C=O) groups is 1. The first-order valence-electron chi connectivity index (χ1n) is 6.40. The predicted octanol–water partition coefficient (Wildman–Crippen LogP) is 2.56. The van der Waals surface area contributed by atoms with E-state index in [2.05, 4.69) is 10.0 Å². The number of rotatable bonds is 2.